The average Bonchev–Trinajstić information content (AvgIpc) is 2.27. The lowest BCUT2D eigenvalue weighted by Gasteiger charge is -2.18. The summed E-state index contributed by atoms with van der Waals surface area (Å²) in [4.78, 5) is 17.5. The first kappa shape index (κ1) is 12.2. The first-order valence-corrected chi connectivity index (χ1v) is 5.16. The first-order valence-electron chi connectivity index (χ1n) is 5.16. The number of hydrogen-bond donors (Lipinski definition) is 0. The molecule has 4 heteroatoms. The maximum absolute atomic E-state index is 11.9. The second-order valence-corrected chi connectivity index (χ2v) is 4.12. The van der Waals surface area contributed by atoms with Crippen molar-refractivity contribution in [1.82, 2.24) is 9.88 Å². The third-order valence-corrected chi connectivity index (χ3v) is 2.09. The van der Waals surface area contributed by atoms with E-state index in [0.717, 1.165) is 0 Å². The molecule has 4 nitrogen and oxygen atoms in total. The molecule has 1 heterocycles. The monoisotopic (exact) mass is 217 g/mol. The van der Waals surface area contributed by atoms with Crippen LogP contribution in [-0.4, -0.2) is 29.4 Å². The van der Waals surface area contributed by atoms with Crippen LogP contribution in [0.3, 0.4) is 0 Å². The fraction of sp³-hybridized carbons (Fsp3) is 0.417. The van der Waals surface area contributed by atoms with Gasteiger partial charge in [0.05, 0.1) is 11.6 Å². The van der Waals surface area contributed by atoms with Gasteiger partial charge in [-0.2, -0.15) is 5.26 Å². The van der Waals surface area contributed by atoms with Crippen LogP contribution >= 0.6 is 0 Å². The fourth-order valence-corrected chi connectivity index (χ4v) is 1.44. The molecule has 1 aromatic rings. The highest BCUT2D eigenvalue weighted by Gasteiger charge is 2.14. The summed E-state index contributed by atoms with van der Waals surface area (Å²) < 4.78 is 0. The molecule has 0 atom stereocenters. The van der Waals surface area contributed by atoms with Gasteiger partial charge in [-0.1, -0.05) is 13.8 Å². The van der Waals surface area contributed by atoms with Gasteiger partial charge in [-0.25, -0.2) is 0 Å². The van der Waals surface area contributed by atoms with Gasteiger partial charge in [0.15, 0.2) is 0 Å². The van der Waals surface area contributed by atoms with E-state index in [9.17, 15) is 4.79 Å². The Morgan fingerprint density at radius 1 is 1.62 bits per heavy atom. The standard InChI is InChI=1S/C12H15N3O/c1-9(2)8-15(3)12(16)11-6-10(7-13)4-5-14-11/h4-6,9H,8H2,1-3H3. The van der Waals surface area contributed by atoms with Crippen molar-refractivity contribution in [1.29, 1.82) is 5.26 Å². The predicted molar refractivity (Wildman–Crippen MR) is 60.8 cm³/mol. The topological polar surface area (TPSA) is 57.0 Å². The summed E-state index contributed by atoms with van der Waals surface area (Å²) in [7, 11) is 1.74. The Morgan fingerprint density at radius 2 is 2.31 bits per heavy atom. The Bertz CT molecular complexity index is 421. The van der Waals surface area contributed by atoms with Crippen molar-refractivity contribution < 1.29 is 4.79 Å². The summed E-state index contributed by atoms with van der Waals surface area (Å²) in [5.41, 5.74) is 0.776. The smallest absolute Gasteiger partial charge is 0.272 e. The lowest BCUT2D eigenvalue weighted by Crippen LogP contribution is -2.30. The van der Waals surface area contributed by atoms with E-state index >= 15 is 0 Å². The molecule has 0 aliphatic carbocycles. The summed E-state index contributed by atoms with van der Waals surface area (Å²) in [5, 5.41) is 8.73. The van der Waals surface area contributed by atoms with E-state index in [-0.39, 0.29) is 5.91 Å². The number of hydrogen-bond acceptors (Lipinski definition) is 3. The summed E-state index contributed by atoms with van der Waals surface area (Å²) in [6, 6.07) is 5.09. The maximum Gasteiger partial charge on any atom is 0.272 e. The summed E-state index contributed by atoms with van der Waals surface area (Å²) in [6.07, 6.45) is 1.48. The van der Waals surface area contributed by atoms with Crippen LogP contribution in [0.25, 0.3) is 0 Å². The highest BCUT2D eigenvalue weighted by Crippen LogP contribution is 2.05. The third-order valence-electron chi connectivity index (χ3n) is 2.09. The van der Waals surface area contributed by atoms with Crippen LogP contribution in [0.2, 0.25) is 0 Å². The van der Waals surface area contributed by atoms with Gasteiger partial charge in [0.1, 0.15) is 5.69 Å². The molecular weight excluding hydrogens is 202 g/mol. The quantitative estimate of drug-likeness (QED) is 0.774. The molecule has 0 saturated carbocycles. The van der Waals surface area contributed by atoms with Gasteiger partial charge < -0.3 is 4.90 Å². The Kier molecular flexibility index (Phi) is 4.01. The van der Waals surface area contributed by atoms with Gasteiger partial charge in [0, 0.05) is 19.8 Å². The fourth-order valence-electron chi connectivity index (χ4n) is 1.44. The molecule has 0 radical (unpaired) electrons. The minimum Gasteiger partial charge on any atom is -0.340 e. The van der Waals surface area contributed by atoms with Crippen molar-refractivity contribution in [2.45, 2.75) is 13.8 Å². The Morgan fingerprint density at radius 3 is 2.88 bits per heavy atom. The molecule has 0 unspecified atom stereocenters. The Labute approximate surface area is 95.5 Å². The summed E-state index contributed by atoms with van der Waals surface area (Å²) in [6.45, 7) is 4.77. The number of carbonyl (C=O) groups excluding carboxylic acids is 1. The van der Waals surface area contributed by atoms with Gasteiger partial charge in [-0.15, -0.1) is 0 Å². The van der Waals surface area contributed by atoms with Crippen molar-refractivity contribution in [3.63, 3.8) is 0 Å². The molecule has 0 aliphatic heterocycles. The summed E-state index contributed by atoms with van der Waals surface area (Å²) in [5.74, 6) is 0.263. The minimum atomic E-state index is -0.147. The third kappa shape index (κ3) is 3.06. The summed E-state index contributed by atoms with van der Waals surface area (Å²) >= 11 is 0. The molecule has 0 saturated heterocycles. The molecule has 0 fully saturated rings. The lowest BCUT2D eigenvalue weighted by atomic mass is 10.2. The van der Waals surface area contributed by atoms with E-state index in [2.05, 4.69) is 4.98 Å². The van der Waals surface area contributed by atoms with Gasteiger partial charge in [0.25, 0.3) is 5.91 Å². The van der Waals surface area contributed by atoms with Crippen LogP contribution in [0.4, 0.5) is 0 Å². The van der Waals surface area contributed by atoms with Crippen LogP contribution in [-0.2, 0) is 0 Å². The van der Waals surface area contributed by atoms with Crippen LogP contribution in [0.15, 0.2) is 18.3 Å². The molecule has 1 aromatic heterocycles. The van der Waals surface area contributed by atoms with Crippen molar-refractivity contribution in [2.75, 3.05) is 13.6 Å². The Hall–Kier alpha value is -1.89. The van der Waals surface area contributed by atoms with Gasteiger partial charge in [-0.05, 0) is 18.1 Å². The van der Waals surface area contributed by atoms with Crippen LogP contribution < -0.4 is 0 Å². The molecule has 0 bridgehead atoms. The highest BCUT2D eigenvalue weighted by molar-refractivity contribution is 5.92. The number of rotatable bonds is 3. The molecule has 16 heavy (non-hydrogen) atoms. The van der Waals surface area contributed by atoms with E-state index in [1.54, 1.807) is 18.0 Å². The van der Waals surface area contributed by atoms with Crippen molar-refractivity contribution in [3.8, 4) is 6.07 Å². The van der Waals surface area contributed by atoms with Crippen molar-refractivity contribution in [3.05, 3.63) is 29.6 Å². The number of amides is 1. The second kappa shape index (κ2) is 5.26. The molecular formula is C12H15N3O. The van der Waals surface area contributed by atoms with Crippen LogP contribution in [0, 0.1) is 17.2 Å². The number of nitrogens with zero attached hydrogens (tertiary/aromatic N) is 3. The zero-order valence-corrected chi connectivity index (χ0v) is 9.77. The second-order valence-electron chi connectivity index (χ2n) is 4.12. The number of nitriles is 1. The maximum atomic E-state index is 11.9. The van der Waals surface area contributed by atoms with Gasteiger partial charge in [-0.3, -0.25) is 9.78 Å². The van der Waals surface area contributed by atoms with E-state index in [1.807, 2.05) is 19.9 Å². The molecule has 0 N–H and O–H groups in total. The largest absolute Gasteiger partial charge is 0.340 e. The molecule has 0 spiro atoms. The van der Waals surface area contributed by atoms with Crippen LogP contribution in [0.1, 0.15) is 29.9 Å². The molecule has 1 amide bonds. The molecule has 1 rings (SSSR count). The van der Waals surface area contributed by atoms with E-state index in [1.165, 1.54) is 12.3 Å². The van der Waals surface area contributed by atoms with E-state index in [0.29, 0.717) is 23.7 Å². The first-order chi connectivity index (χ1) is 7.54. The van der Waals surface area contributed by atoms with Crippen LogP contribution in [0.5, 0.6) is 0 Å². The predicted octanol–water partition coefficient (Wildman–Crippen LogP) is 1.68. The Balaban J connectivity index is 2.84. The molecule has 84 valence electrons. The molecule has 0 aliphatic rings. The minimum absolute atomic E-state index is 0.147. The number of carbonyl (C=O) groups is 1. The zero-order chi connectivity index (χ0) is 12.1. The highest BCUT2D eigenvalue weighted by atomic mass is 16.2. The SMILES string of the molecule is CC(C)CN(C)C(=O)c1cc(C#N)ccn1. The lowest BCUT2D eigenvalue weighted by molar-refractivity contribution is 0.0773. The molecule has 0 aromatic carbocycles. The van der Waals surface area contributed by atoms with Crippen molar-refractivity contribution >= 4 is 5.91 Å². The average molecular weight is 217 g/mol. The van der Waals surface area contributed by atoms with Crippen molar-refractivity contribution in [2.24, 2.45) is 5.92 Å². The number of aromatic nitrogens is 1. The van der Waals surface area contributed by atoms with E-state index in [4.69, 9.17) is 5.26 Å². The normalized spacial score (nSPS) is 9.94. The van der Waals surface area contributed by atoms with E-state index < -0.39 is 0 Å². The number of pyridine rings is 1. The van der Waals surface area contributed by atoms with Gasteiger partial charge in [0.2, 0.25) is 0 Å². The zero-order valence-electron chi connectivity index (χ0n) is 9.77. The van der Waals surface area contributed by atoms with Gasteiger partial charge >= 0.3 is 0 Å².